The van der Waals surface area contributed by atoms with Crippen LogP contribution in [0.15, 0.2) is 48.7 Å². The maximum atomic E-state index is 5.89. The highest BCUT2D eigenvalue weighted by molar-refractivity contribution is 5.53. The lowest BCUT2D eigenvalue weighted by Gasteiger charge is -2.06. The molecule has 0 atom stereocenters. The number of ether oxygens (including phenoxy) is 1. The van der Waals surface area contributed by atoms with Crippen LogP contribution in [0, 0.1) is 0 Å². The second kappa shape index (κ2) is 6.62. The molecule has 1 N–H and O–H groups in total. The third-order valence-electron chi connectivity index (χ3n) is 3.74. The van der Waals surface area contributed by atoms with E-state index in [1.165, 1.54) is 5.56 Å². The Kier molecular flexibility index (Phi) is 4.39. The summed E-state index contributed by atoms with van der Waals surface area (Å²) < 4.78 is 7.98. The summed E-state index contributed by atoms with van der Waals surface area (Å²) in [6.07, 6.45) is 3.07. The molecule has 0 amide bonds. The van der Waals surface area contributed by atoms with E-state index < -0.39 is 0 Å². The molecule has 4 heteroatoms. The van der Waals surface area contributed by atoms with E-state index in [9.17, 15) is 0 Å². The first kappa shape index (κ1) is 14.6. The molecule has 0 bridgehead atoms. The molecule has 3 aromatic rings. The van der Waals surface area contributed by atoms with Crippen molar-refractivity contribution >= 4 is 5.52 Å². The van der Waals surface area contributed by atoms with Crippen LogP contribution in [0.4, 0.5) is 0 Å². The molecule has 2 heterocycles. The Bertz CT molecular complexity index is 747. The fraction of sp³-hybridized carbons (Fsp3) is 0.278. The number of aryl methyl sites for hydroxylation is 1. The maximum absolute atomic E-state index is 5.89. The number of imidazole rings is 1. The topological polar surface area (TPSA) is 38.6 Å². The number of hydrogen-bond donors (Lipinski definition) is 1. The summed E-state index contributed by atoms with van der Waals surface area (Å²) in [6, 6.07) is 14.4. The van der Waals surface area contributed by atoms with Gasteiger partial charge in [0.05, 0.1) is 11.2 Å². The smallest absolute Gasteiger partial charge is 0.151 e. The largest absolute Gasteiger partial charge is 0.486 e. The van der Waals surface area contributed by atoms with Crippen LogP contribution >= 0.6 is 0 Å². The summed E-state index contributed by atoms with van der Waals surface area (Å²) in [6.45, 7) is 3.36. The van der Waals surface area contributed by atoms with E-state index in [-0.39, 0.29) is 0 Å². The van der Waals surface area contributed by atoms with Gasteiger partial charge in [-0.25, -0.2) is 4.98 Å². The first-order valence-corrected chi connectivity index (χ1v) is 7.63. The zero-order valence-electron chi connectivity index (χ0n) is 13.0. The van der Waals surface area contributed by atoms with E-state index in [2.05, 4.69) is 34.8 Å². The van der Waals surface area contributed by atoms with Gasteiger partial charge in [-0.05, 0) is 43.3 Å². The van der Waals surface area contributed by atoms with Gasteiger partial charge in [0.1, 0.15) is 12.4 Å². The normalized spacial score (nSPS) is 11.0. The van der Waals surface area contributed by atoms with E-state index >= 15 is 0 Å². The number of rotatable bonds is 6. The van der Waals surface area contributed by atoms with Crippen molar-refractivity contribution in [2.45, 2.75) is 26.5 Å². The molecule has 0 aliphatic heterocycles. The van der Waals surface area contributed by atoms with Crippen LogP contribution in [-0.4, -0.2) is 16.4 Å². The fourth-order valence-corrected chi connectivity index (χ4v) is 2.54. The summed E-state index contributed by atoms with van der Waals surface area (Å²) in [4.78, 5) is 4.70. The summed E-state index contributed by atoms with van der Waals surface area (Å²) in [5.41, 5.74) is 3.48. The van der Waals surface area contributed by atoms with Crippen LogP contribution in [-0.2, 0) is 19.6 Å². The zero-order chi connectivity index (χ0) is 15.4. The Labute approximate surface area is 130 Å². The van der Waals surface area contributed by atoms with E-state index in [0.717, 1.165) is 35.8 Å². The van der Waals surface area contributed by atoms with Gasteiger partial charge in [-0.3, -0.25) is 0 Å². The average molecular weight is 295 g/mol. The van der Waals surface area contributed by atoms with Gasteiger partial charge in [0.25, 0.3) is 0 Å². The molecule has 0 radical (unpaired) electrons. The fourth-order valence-electron chi connectivity index (χ4n) is 2.54. The highest BCUT2D eigenvalue weighted by Gasteiger charge is 2.10. The Hall–Kier alpha value is -2.33. The molecule has 1 aromatic carbocycles. The predicted molar refractivity (Wildman–Crippen MR) is 88.1 cm³/mol. The molecule has 0 aliphatic carbocycles. The third kappa shape index (κ3) is 2.97. The van der Waals surface area contributed by atoms with Crippen molar-refractivity contribution in [3.05, 3.63) is 65.7 Å². The lowest BCUT2D eigenvalue weighted by Crippen LogP contribution is -2.06. The van der Waals surface area contributed by atoms with Gasteiger partial charge in [-0.15, -0.1) is 0 Å². The second-order valence-corrected chi connectivity index (χ2v) is 5.25. The van der Waals surface area contributed by atoms with Crippen LogP contribution in [0.3, 0.4) is 0 Å². The number of hydrogen-bond acceptors (Lipinski definition) is 3. The maximum Gasteiger partial charge on any atom is 0.151 e. The van der Waals surface area contributed by atoms with Crippen molar-refractivity contribution in [1.29, 1.82) is 0 Å². The van der Waals surface area contributed by atoms with Crippen LogP contribution < -0.4 is 10.1 Å². The van der Waals surface area contributed by atoms with Crippen molar-refractivity contribution in [2.75, 3.05) is 7.05 Å². The Morgan fingerprint density at radius 2 is 1.95 bits per heavy atom. The van der Waals surface area contributed by atoms with E-state index in [0.29, 0.717) is 6.61 Å². The SMILES string of the molecule is CCc1ccc(OCc2nc(CNC)c3ccccn23)cc1. The third-order valence-corrected chi connectivity index (χ3v) is 3.74. The van der Waals surface area contributed by atoms with Gasteiger partial charge in [-0.1, -0.05) is 25.1 Å². The molecule has 114 valence electrons. The molecular weight excluding hydrogens is 274 g/mol. The highest BCUT2D eigenvalue weighted by atomic mass is 16.5. The van der Waals surface area contributed by atoms with Crippen molar-refractivity contribution < 1.29 is 4.74 Å². The first-order valence-electron chi connectivity index (χ1n) is 7.63. The lowest BCUT2D eigenvalue weighted by atomic mass is 10.2. The molecule has 0 saturated heterocycles. The average Bonchev–Trinajstić information content (AvgIpc) is 2.92. The van der Waals surface area contributed by atoms with Crippen LogP contribution in [0.5, 0.6) is 5.75 Å². The molecule has 4 nitrogen and oxygen atoms in total. The molecule has 0 fully saturated rings. The van der Waals surface area contributed by atoms with Crippen molar-refractivity contribution in [3.63, 3.8) is 0 Å². The van der Waals surface area contributed by atoms with Crippen molar-refractivity contribution in [2.24, 2.45) is 0 Å². The Morgan fingerprint density at radius 1 is 1.14 bits per heavy atom. The molecule has 0 unspecified atom stereocenters. The Balaban J connectivity index is 1.80. The Morgan fingerprint density at radius 3 is 2.68 bits per heavy atom. The number of fused-ring (bicyclic) bond motifs is 1. The number of nitrogens with zero attached hydrogens (tertiary/aromatic N) is 2. The van der Waals surface area contributed by atoms with Crippen molar-refractivity contribution in [3.8, 4) is 5.75 Å². The molecule has 3 rings (SSSR count). The lowest BCUT2D eigenvalue weighted by molar-refractivity contribution is 0.295. The monoisotopic (exact) mass is 295 g/mol. The van der Waals surface area contributed by atoms with Crippen LogP contribution in [0.25, 0.3) is 5.52 Å². The van der Waals surface area contributed by atoms with Gasteiger partial charge in [0.15, 0.2) is 5.82 Å². The van der Waals surface area contributed by atoms with E-state index in [1.54, 1.807) is 0 Å². The summed E-state index contributed by atoms with van der Waals surface area (Å²) in [7, 11) is 1.93. The second-order valence-electron chi connectivity index (χ2n) is 5.25. The molecular formula is C18H21N3O. The standard InChI is InChI=1S/C18H21N3O/c1-3-14-7-9-15(10-8-14)22-13-18-20-16(12-19-2)17-6-4-5-11-21(17)18/h4-11,19H,3,12-13H2,1-2H3. The van der Waals surface area contributed by atoms with Gasteiger partial charge in [0, 0.05) is 12.7 Å². The highest BCUT2D eigenvalue weighted by Crippen LogP contribution is 2.17. The van der Waals surface area contributed by atoms with E-state index in [4.69, 9.17) is 9.72 Å². The minimum atomic E-state index is 0.459. The first-order chi connectivity index (χ1) is 10.8. The zero-order valence-corrected chi connectivity index (χ0v) is 13.0. The molecule has 0 saturated carbocycles. The number of pyridine rings is 1. The van der Waals surface area contributed by atoms with Gasteiger partial charge < -0.3 is 14.5 Å². The van der Waals surface area contributed by atoms with E-state index in [1.807, 2.05) is 37.5 Å². The molecule has 22 heavy (non-hydrogen) atoms. The quantitative estimate of drug-likeness (QED) is 0.759. The number of nitrogens with one attached hydrogen (secondary N) is 1. The number of benzene rings is 1. The molecule has 0 spiro atoms. The minimum Gasteiger partial charge on any atom is -0.486 e. The summed E-state index contributed by atoms with van der Waals surface area (Å²) in [5.74, 6) is 1.79. The molecule has 2 aromatic heterocycles. The van der Waals surface area contributed by atoms with Crippen LogP contribution in [0.2, 0.25) is 0 Å². The molecule has 0 aliphatic rings. The van der Waals surface area contributed by atoms with Gasteiger partial charge >= 0.3 is 0 Å². The van der Waals surface area contributed by atoms with Gasteiger partial charge in [0.2, 0.25) is 0 Å². The number of aromatic nitrogens is 2. The summed E-state index contributed by atoms with van der Waals surface area (Å²) in [5, 5.41) is 3.16. The van der Waals surface area contributed by atoms with Crippen LogP contribution in [0.1, 0.15) is 24.0 Å². The van der Waals surface area contributed by atoms with Crippen molar-refractivity contribution in [1.82, 2.24) is 14.7 Å². The van der Waals surface area contributed by atoms with Gasteiger partial charge in [-0.2, -0.15) is 0 Å². The minimum absolute atomic E-state index is 0.459. The predicted octanol–water partition coefficient (Wildman–Crippen LogP) is 3.20. The summed E-state index contributed by atoms with van der Waals surface area (Å²) >= 11 is 0.